The Labute approximate surface area is 146 Å². The van der Waals surface area contributed by atoms with Crippen LogP contribution in [0.1, 0.15) is 22.5 Å². The molecule has 3 heterocycles. The third-order valence-electron chi connectivity index (χ3n) is 4.15. The average Bonchev–Trinajstić information content (AvgIpc) is 3.00. The molecule has 0 radical (unpaired) electrons. The monoisotopic (exact) mass is 361 g/mol. The van der Waals surface area contributed by atoms with Crippen LogP contribution in [0.25, 0.3) is 0 Å². The minimum absolute atomic E-state index is 0.00741. The summed E-state index contributed by atoms with van der Waals surface area (Å²) in [6, 6.07) is 4.97. The molecule has 1 fully saturated rings. The largest absolute Gasteiger partial charge is 0.350 e. The first kappa shape index (κ1) is 17.3. The normalized spacial score (nSPS) is 18.7. The summed E-state index contributed by atoms with van der Waals surface area (Å²) in [7, 11) is -1.44. The quantitative estimate of drug-likeness (QED) is 0.837. The minimum atomic E-state index is -3.05. The van der Waals surface area contributed by atoms with Crippen molar-refractivity contribution in [3.63, 3.8) is 0 Å². The highest BCUT2D eigenvalue weighted by molar-refractivity contribution is 7.91. The van der Waals surface area contributed by atoms with Gasteiger partial charge in [0.2, 0.25) is 5.95 Å². The number of nitrogens with one attached hydrogen (secondary N) is 1. The Morgan fingerprint density at radius 2 is 2.04 bits per heavy atom. The van der Waals surface area contributed by atoms with Crippen LogP contribution >= 0.6 is 0 Å². The number of amides is 1. The zero-order chi connectivity index (χ0) is 17.9. The summed E-state index contributed by atoms with van der Waals surface area (Å²) in [5, 5.41) is 3.06. The lowest BCUT2D eigenvalue weighted by Crippen LogP contribution is -2.38. The summed E-state index contributed by atoms with van der Waals surface area (Å²) in [6.45, 7) is 0.511. The lowest BCUT2D eigenvalue weighted by atomic mass is 10.2. The van der Waals surface area contributed by atoms with E-state index in [9.17, 15) is 13.2 Å². The highest BCUT2D eigenvalue weighted by atomic mass is 32.2. The maximum absolute atomic E-state index is 12.6. The van der Waals surface area contributed by atoms with Crippen molar-refractivity contribution in [2.75, 3.05) is 23.9 Å². The first-order valence-electron chi connectivity index (χ1n) is 7.88. The van der Waals surface area contributed by atoms with Gasteiger partial charge in [-0.2, -0.15) is 0 Å². The molecule has 1 amide bonds. The Morgan fingerprint density at radius 1 is 1.28 bits per heavy atom. The van der Waals surface area contributed by atoms with E-state index in [1.165, 1.54) is 17.2 Å². The number of rotatable bonds is 5. The summed E-state index contributed by atoms with van der Waals surface area (Å²) in [5.41, 5.74) is 1.25. The molecule has 1 aliphatic rings. The van der Waals surface area contributed by atoms with E-state index in [0.717, 1.165) is 5.56 Å². The fourth-order valence-corrected chi connectivity index (χ4v) is 4.45. The van der Waals surface area contributed by atoms with Gasteiger partial charge in [-0.25, -0.2) is 18.4 Å². The van der Waals surface area contributed by atoms with Crippen LogP contribution in [-0.4, -0.2) is 58.8 Å². The van der Waals surface area contributed by atoms with Crippen LogP contribution in [0.2, 0.25) is 0 Å². The molecule has 0 spiro atoms. The predicted octanol–water partition coefficient (Wildman–Crippen LogP) is 0.743. The summed E-state index contributed by atoms with van der Waals surface area (Å²) in [5.74, 6) is 0.164. The molecule has 0 aliphatic carbocycles. The third-order valence-corrected chi connectivity index (χ3v) is 5.90. The number of anilines is 1. The number of nitrogens with zero attached hydrogens (tertiary/aromatic N) is 4. The van der Waals surface area contributed by atoms with E-state index in [-0.39, 0.29) is 29.1 Å². The van der Waals surface area contributed by atoms with Crippen molar-refractivity contribution in [2.45, 2.75) is 19.0 Å². The van der Waals surface area contributed by atoms with E-state index < -0.39 is 9.84 Å². The number of aromatic nitrogens is 3. The van der Waals surface area contributed by atoms with Crippen LogP contribution < -0.4 is 5.32 Å². The molecular formula is C16H19N5O3S. The molecule has 1 atom stereocenters. The van der Waals surface area contributed by atoms with Gasteiger partial charge in [0.15, 0.2) is 9.84 Å². The molecule has 1 N–H and O–H groups in total. The Morgan fingerprint density at radius 3 is 2.72 bits per heavy atom. The standard InChI is InChI=1S/C16H19N5O3S/c1-21(13-5-9-25(23,24)11-13)15(22)14-4-8-18-16(20-14)19-10-12-2-6-17-7-3-12/h2-4,6-8,13H,5,9-11H2,1H3,(H,18,19,20). The summed E-state index contributed by atoms with van der Waals surface area (Å²) in [6.07, 6.45) is 5.36. The van der Waals surface area contributed by atoms with E-state index in [0.29, 0.717) is 18.9 Å². The Balaban J connectivity index is 1.67. The zero-order valence-electron chi connectivity index (χ0n) is 13.8. The molecule has 3 rings (SSSR count). The smallest absolute Gasteiger partial charge is 0.272 e. The number of carbonyl (C=O) groups excluding carboxylic acids is 1. The fraction of sp³-hybridized carbons (Fsp3) is 0.375. The molecule has 9 heteroatoms. The molecule has 25 heavy (non-hydrogen) atoms. The van der Waals surface area contributed by atoms with Crippen molar-refractivity contribution < 1.29 is 13.2 Å². The molecule has 0 aromatic carbocycles. The van der Waals surface area contributed by atoms with Gasteiger partial charge in [0.05, 0.1) is 11.5 Å². The lowest BCUT2D eigenvalue weighted by Gasteiger charge is -2.23. The van der Waals surface area contributed by atoms with Crippen molar-refractivity contribution in [1.29, 1.82) is 0 Å². The van der Waals surface area contributed by atoms with Crippen LogP contribution in [0.3, 0.4) is 0 Å². The maximum Gasteiger partial charge on any atom is 0.272 e. The van der Waals surface area contributed by atoms with E-state index in [1.54, 1.807) is 19.4 Å². The van der Waals surface area contributed by atoms with Crippen LogP contribution in [0.4, 0.5) is 5.95 Å². The van der Waals surface area contributed by atoms with Crippen molar-refractivity contribution in [2.24, 2.45) is 0 Å². The molecule has 2 aromatic rings. The van der Waals surface area contributed by atoms with Crippen molar-refractivity contribution in [3.05, 3.63) is 48.0 Å². The van der Waals surface area contributed by atoms with Crippen LogP contribution in [0.15, 0.2) is 36.8 Å². The van der Waals surface area contributed by atoms with Gasteiger partial charge in [-0.15, -0.1) is 0 Å². The molecule has 1 saturated heterocycles. The van der Waals surface area contributed by atoms with Gasteiger partial charge in [-0.1, -0.05) is 0 Å². The topological polar surface area (TPSA) is 105 Å². The van der Waals surface area contributed by atoms with E-state index in [2.05, 4.69) is 20.3 Å². The molecule has 0 bridgehead atoms. The SMILES string of the molecule is CN(C(=O)c1ccnc(NCc2ccncc2)n1)C1CCS(=O)(=O)C1. The van der Waals surface area contributed by atoms with E-state index in [1.807, 2.05) is 12.1 Å². The molecule has 132 valence electrons. The van der Waals surface area contributed by atoms with Crippen LogP contribution in [0, 0.1) is 0 Å². The predicted molar refractivity (Wildman–Crippen MR) is 92.7 cm³/mol. The van der Waals surface area contributed by atoms with E-state index >= 15 is 0 Å². The number of sulfone groups is 1. The second kappa shape index (κ2) is 7.14. The Kier molecular flexibility index (Phi) is 4.93. The first-order valence-corrected chi connectivity index (χ1v) is 9.70. The van der Waals surface area contributed by atoms with Crippen molar-refractivity contribution in [3.8, 4) is 0 Å². The molecule has 0 saturated carbocycles. The minimum Gasteiger partial charge on any atom is -0.350 e. The third kappa shape index (κ3) is 4.30. The van der Waals surface area contributed by atoms with Crippen molar-refractivity contribution >= 4 is 21.7 Å². The summed E-state index contributed by atoms with van der Waals surface area (Å²) in [4.78, 5) is 26.3. The van der Waals surface area contributed by atoms with Gasteiger partial charge < -0.3 is 10.2 Å². The number of carbonyl (C=O) groups is 1. The van der Waals surface area contributed by atoms with Gasteiger partial charge in [0, 0.05) is 38.2 Å². The fourth-order valence-electron chi connectivity index (χ4n) is 2.67. The Bertz CT molecular complexity index is 857. The van der Waals surface area contributed by atoms with Gasteiger partial charge in [-0.3, -0.25) is 9.78 Å². The second-order valence-electron chi connectivity index (χ2n) is 5.95. The number of hydrogen-bond donors (Lipinski definition) is 1. The zero-order valence-corrected chi connectivity index (χ0v) is 14.6. The number of pyridine rings is 1. The lowest BCUT2D eigenvalue weighted by molar-refractivity contribution is 0.0741. The van der Waals surface area contributed by atoms with Gasteiger partial charge in [-0.05, 0) is 30.2 Å². The number of hydrogen-bond acceptors (Lipinski definition) is 7. The van der Waals surface area contributed by atoms with Gasteiger partial charge >= 0.3 is 0 Å². The molecular weight excluding hydrogens is 342 g/mol. The molecule has 2 aromatic heterocycles. The summed E-state index contributed by atoms with van der Waals surface area (Å²) < 4.78 is 23.2. The highest BCUT2D eigenvalue weighted by Gasteiger charge is 2.33. The highest BCUT2D eigenvalue weighted by Crippen LogP contribution is 2.18. The van der Waals surface area contributed by atoms with Crippen LogP contribution in [-0.2, 0) is 16.4 Å². The second-order valence-corrected chi connectivity index (χ2v) is 8.18. The van der Waals surface area contributed by atoms with Gasteiger partial charge in [0.1, 0.15) is 5.69 Å². The van der Waals surface area contributed by atoms with Crippen LogP contribution in [0.5, 0.6) is 0 Å². The van der Waals surface area contributed by atoms with Crippen molar-refractivity contribution in [1.82, 2.24) is 19.9 Å². The molecule has 1 aliphatic heterocycles. The average molecular weight is 361 g/mol. The maximum atomic E-state index is 12.6. The summed E-state index contributed by atoms with van der Waals surface area (Å²) >= 11 is 0. The molecule has 1 unspecified atom stereocenters. The molecule has 8 nitrogen and oxygen atoms in total. The van der Waals surface area contributed by atoms with E-state index in [4.69, 9.17) is 0 Å². The van der Waals surface area contributed by atoms with Gasteiger partial charge in [0.25, 0.3) is 5.91 Å². The first-order chi connectivity index (χ1) is 11.9. The Hall–Kier alpha value is -2.55.